The van der Waals surface area contributed by atoms with E-state index in [0.717, 1.165) is 12.1 Å². The third kappa shape index (κ3) is 3.60. The SMILES string of the molecule is Cc1nn2cc([C@H](C)Nc3ncnc(N)c3C#N)c(-c3ccc(F)c(F)c3)nc2c1Cl. The first-order chi connectivity index (χ1) is 14.8. The molecule has 156 valence electrons. The van der Waals surface area contributed by atoms with Crippen LogP contribution < -0.4 is 11.1 Å². The van der Waals surface area contributed by atoms with Crippen LogP contribution in [0.3, 0.4) is 0 Å². The Morgan fingerprint density at radius 3 is 2.74 bits per heavy atom. The van der Waals surface area contributed by atoms with Gasteiger partial charge in [-0.05, 0) is 32.0 Å². The molecule has 4 aromatic rings. The zero-order chi connectivity index (χ0) is 22.3. The number of benzene rings is 1. The molecule has 0 unspecified atom stereocenters. The normalized spacial score (nSPS) is 12.0. The number of halogens is 3. The molecule has 0 spiro atoms. The topological polar surface area (TPSA) is 118 Å². The van der Waals surface area contributed by atoms with Gasteiger partial charge in [-0.2, -0.15) is 10.4 Å². The highest BCUT2D eigenvalue weighted by atomic mass is 35.5. The smallest absolute Gasteiger partial charge is 0.174 e. The molecule has 1 aromatic carbocycles. The van der Waals surface area contributed by atoms with Gasteiger partial charge in [-0.3, -0.25) is 0 Å². The summed E-state index contributed by atoms with van der Waals surface area (Å²) in [5.41, 5.74) is 8.10. The number of fused-ring (bicyclic) bond motifs is 1. The quantitative estimate of drug-likeness (QED) is 0.491. The van der Waals surface area contributed by atoms with Crippen molar-refractivity contribution in [3.63, 3.8) is 0 Å². The van der Waals surface area contributed by atoms with Crippen molar-refractivity contribution in [2.75, 3.05) is 11.1 Å². The highest BCUT2D eigenvalue weighted by Crippen LogP contribution is 2.32. The molecule has 0 saturated carbocycles. The number of hydrogen-bond donors (Lipinski definition) is 2. The minimum Gasteiger partial charge on any atom is -0.382 e. The number of nitrogen functional groups attached to an aromatic ring is 1. The molecule has 0 aliphatic rings. The van der Waals surface area contributed by atoms with Gasteiger partial charge in [0.25, 0.3) is 0 Å². The van der Waals surface area contributed by atoms with E-state index in [4.69, 9.17) is 17.3 Å². The molecule has 4 rings (SSSR count). The second-order valence-electron chi connectivity index (χ2n) is 6.80. The van der Waals surface area contributed by atoms with Crippen LogP contribution in [0.4, 0.5) is 20.4 Å². The fourth-order valence-corrected chi connectivity index (χ4v) is 3.33. The summed E-state index contributed by atoms with van der Waals surface area (Å²) in [6.07, 6.45) is 2.92. The molecule has 0 fully saturated rings. The fourth-order valence-electron chi connectivity index (χ4n) is 3.16. The van der Waals surface area contributed by atoms with E-state index in [9.17, 15) is 14.0 Å². The zero-order valence-corrected chi connectivity index (χ0v) is 17.1. The summed E-state index contributed by atoms with van der Waals surface area (Å²) in [4.78, 5) is 12.5. The van der Waals surface area contributed by atoms with Crippen molar-refractivity contribution >= 4 is 28.9 Å². The van der Waals surface area contributed by atoms with Gasteiger partial charge in [0, 0.05) is 17.3 Å². The summed E-state index contributed by atoms with van der Waals surface area (Å²) >= 11 is 6.31. The third-order valence-electron chi connectivity index (χ3n) is 4.74. The van der Waals surface area contributed by atoms with Gasteiger partial charge in [-0.25, -0.2) is 28.2 Å². The summed E-state index contributed by atoms with van der Waals surface area (Å²) < 4.78 is 29.0. The Kier molecular flexibility index (Phi) is 5.12. The van der Waals surface area contributed by atoms with E-state index in [0.29, 0.717) is 33.2 Å². The van der Waals surface area contributed by atoms with E-state index in [-0.39, 0.29) is 17.2 Å². The average molecular weight is 441 g/mol. The number of hydrogen-bond acceptors (Lipinski definition) is 7. The maximum Gasteiger partial charge on any atom is 0.174 e. The van der Waals surface area contributed by atoms with E-state index < -0.39 is 17.7 Å². The van der Waals surface area contributed by atoms with Crippen LogP contribution in [0.15, 0.2) is 30.7 Å². The first-order valence-electron chi connectivity index (χ1n) is 9.08. The lowest BCUT2D eigenvalue weighted by Gasteiger charge is -2.19. The fraction of sp³-hybridized carbons (Fsp3) is 0.150. The van der Waals surface area contributed by atoms with Crippen LogP contribution in [0.1, 0.15) is 29.8 Å². The monoisotopic (exact) mass is 440 g/mol. The Morgan fingerprint density at radius 2 is 2.03 bits per heavy atom. The molecule has 8 nitrogen and oxygen atoms in total. The second kappa shape index (κ2) is 7.77. The molecule has 0 aliphatic heterocycles. The van der Waals surface area contributed by atoms with E-state index in [1.165, 1.54) is 16.9 Å². The second-order valence-corrected chi connectivity index (χ2v) is 7.18. The summed E-state index contributed by atoms with van der Waals surface area (Å²) in [5, 5.41) is 17.2. The zero-order valence-electron chi connectivity index (χ0n) is 16.4. The number of nitrogens with zero attached hydrogens (tertiary/aromatic N) is 6. The maximum atomic E-state index is 14.0. The van der Waals surface area contributed by atoms with Crippen LogP contribution in [-0.2, 0) is 0 Å². The van der Waals surface area contributed by atoms with Crippen LogP contribution in [0.2, 0.25) is 5.02 Å². The van der Waals surface area contributed by atoms with E-state index in [2.05, 4.69) is 25.4 Å². The Balaban J connectivity index is 1.88. The van der Waals surface area contributed by atoms with Crippen LogP contribution in [-0.4, -0.2) is 24.6 Å². The summed E-state index contributed by atoms with van der Waals surface area (Å²) in [6, 6.07) is 5.00. The van der Waals surface area contributed by atoms with Crippen molar-refractivity contribution in [3.8, 4) is 17.3 Å². The van der Waals surface area contributed by atoms with Gasteiger partial charge in [0.2, 0.25) is 0 Å². The minimum atomic E-state index is -1.00. The summed E-state index contributed by atoms with van der Waals surface area (Å²) in [5.74, 6) is -1.70. The molecular formula is C20H15ClF2N8. The number of aromatic nitrogens is 5. The van der Waals surface area contributed by atoms with Crippen LogP contribution >= 0.6 is 11.6 Å². The van der Waals surface area contributed by atoms with Crippen molar-refractivity contribution in [2.45, 2.75) is 19.9 Å². The minimum absolute atomic E-state index is 0.0380. The lowest BCUT2D eigenvalue weighted by molar-refractivity contribution is 0.509. The van der Waals surface area contributed by atoms with E-state index >= 15 is 0 Å². The van der Waals surface area contributed by atoms with Crippen LogP contribution in [0.25, 0.3) is 16.9 Å². The van der Waals surface area contributed by atoms with Gasteiger partial charge in [-0.15, -0.1) is 0 Å². The van der Waals surface area contributed by atoms with Gasteiger partial charge in [0.15, 0.2) is 17.3 Å². The highest BCUT2D eigenvalue weighted by molar-refractivity contribution is 6.34. The molecular weight excluding hydrogens is 426 g/mol. The van der Waals surface area contributed by atoms with Gasteiger partial charge >= 0.3 is 0 Å². The molecule has 0 radical (unpaired) electrons. The standard InChI is InChI=1S/C20H15ClF2N8/c1-9(28-19-12(6-24)18(25)26-8-27-19)13-7-31-20(16(21)10(2)30-31)29-17(13)11-3-4-14(22)15(23)5-11/h3-5,7-9H,1-2H3,(H3,25,26,27,28)/t9-/m0/s1. The molecule has 0 aliphatic carbocycles. The average Bonchev–Trinajstić information content (AvgIpc) is 3.02. The summed E-state index contributed by atoms with van der Waals surface area (Å²) in [6.45, 7) is 3.53. The lowest BCUT2D eigenvalue weighted by Crippen LogP contribution is -2.14. The molecule has 1 atom stereocenters. The molecule has 0 amide bonds. The van der Waals surface area contributed by atoms with Crippen LogP contribution in [0, 0.1) is 29.9 Å². The first-order valence-corrected chi connectivity index (χ1v) is 9.45. The van der Waals surface area contributed by atoms with Gasteiger partial charge in [0.1, 0.15) is 34.6 Å². The Morgan fingerprint density at radius 1 is 1.26 bits per heavy atom. The molecule has 0 bridgehead atoms. The van der Waals surface area contributed by atoms with Gasteiger partial charge in [0.05, 0.1) is 17.4 Å². The molecule has 31 heavy (non-hydrogen) atoms. The lowest BCUT2D eigenvalue weighted by atomic mass is 10.0. The largest absolute Gasteiger partial charge is 0.382 e. The number of nitriles is 1. The predicted molar refractivity (Wildman–Crippen MR) is 111 cm³/mol. The predicted octanol–water partition coefficient (Wildman–Crippen LogP) is 4.05. The highest BCUT2D eigenvalue weighted by Gasteiger charge is 2.21. The van der Waals surface area contributed by atoms with Crippen molar-refractivity contribution in [3.05, 3.63) is 64.2 Å². The van der Waals surface area contributed by atoms with Crippen molar-refractivity contribution < 1.29 is 8.78 Å². The van der Waals surface area contributed by atoms with Crippen molar-refractivity contribution in [1.29, 1.82) is 5.26 Å². The number of aryl methyl sites for hydroxylation is 1. The maximum absolute atomic E-state index is 14.0. The molecule has 3 heterocycles. The van der Waals surface area contributed by atoms with E-state index in [1.807, 2.05) is 6.07 Å². The molecule has 0 saturated heterocycles. The number of rotatable bonds is 4. The van der Waals surface area contributed by atoms with Crippen molar-refractivity contribution in [2.24, 2.45) is 0 Å². The van der Waals surface area contributed by atoms with Gasteiger partial charge in [-0.1, -0.05) is 11.6 Å². The third-order valence-corrected chi connectivity index (χ3v) is 5.18. The molecule has 3 aromatic heterocycles. The Labute approximate surface area is 180 Å². The molecule has 11 heteroatoms. The van der Waals surface area contributed by atoms with E-state index in [1.54, 1.807) is 20.0 Å². The first kappa shape index (κ1) is 20.4. The van der Waals surface area contributed by atoms with Crippen molar-refractivity contribution in [1.82, 2.24) is 24.6 Å². The Hall–Kier alpha value is -3.84. The van der Waals surface area contributed by atoms with Crippen LogP contribution in [0.5, 0.6) is 0 Å². The number of nitrogens with one attached hydrogen (secondary N) is 1. The van der Waals surface area contributed by atoms with Gasteiger partial charge < -0.3 is 11.1 Å². The number of nitrogens with two attached hydrogens (primary N) is 1. The number of anilines is 2. The Bertz CT molecular complexity index is 1360. The summed E-state index contributed by atoms with van der Waals surface area (Å²) in [7, 11) is 0. The molecule has 3 N–H and O–H groups in total.